The first kappa shape index (κ1) is 20.2. The fraction of sp³-hybridized carbons (Fsp3) is 0.571. The summed E-state index contributed by atoms with van der Waals surface area (Å²) in [4.78, 5) is 11.9. The van der Waals surface area contributed by atoms with E-state index >= 15 is 0 Å². The summed E-state index contributed by atoms with van der Waals surface area (Å²) < 4.78 is 35.7. The Morgan fingerprint density at radius 2 is 1.76 bits per heavy atom. The molecule has 1 aromatic heterocycles. The first-order valence-electron chi connectivity index (χ1n) is 9.58. The Labute approximate surface area is 168 Å². The van der Waals surface area contributed by atoms with Gasteiger partial charge >= 0.3 is 5.63 Å². The molecule has 8 heteroatoms. The maximum atomic E-state index is 11.9. The van der Waals surface area contributed by atoms with E-state index in [-0.39, 0.29) is 17.9 Å². The minimum absolute atomic E-state index is 0.0649. The molecule has 0 saturated carbocycles. The van der Waals surface area contributed by atoms with Gasteiger partial charge in [0.1, 0.15) is 29.2 Å². The van der Waals surface area contributed by atoms with E-state index in [4.69, 9.17) is 33.8 Å². The molecule has 3 heterocycles. The van der Waals surface area contributed by atoms with Crippen LogP contribution < -0.4 is 16.1 Å². The van der Waals surface area contributed by atoms with Gasteiger partial charge in [-0.05, 0) is 52.8 Å². The van der Waals surface area contributed by atoms with Crippen LogP contribution in [-0.2, 0) is 18.9 Å². The van der Waals surface area contributed by atoms with Gasteiger partial charge in [-0.2, -0.15) is 0 Å². The van der Waals surface area contributed by atoms with Gasteiger partial charge in [-0.3, -0.25) is 0 Å². The molecule has 0 radical (unpaired) electrons. The molecule has 2 fully saturated rings. The second-order valence-electron chi connectivity index (χ2n) is 8.52. The van der Waals surface area contributed by atoms with Gasteiger partial charge in [0.15, 0.2) is 11.9 Å². The van der Waals surface area contributed by atoms with Crippen molar-refractivity contribution >= 4 is 16.7 Å². The largest absolute Gasteiger partial charge is 0.462 e. The number of fused-ring (bicyclic) bond motifs is 2. The Kier molecular flexibility index (Phi) is 4.66. The van der Waals surface area contributed by atoms with Crippen molar-refractivity contribution in [2.75, 3.05) is 12.8 Å². The highest BCUT2D eigenvalue weighted by Gasteiger charge is 2.59. The number of nitrogens with two attached hydrogens (primary N) is 1. The van der Waals surface area contributed by atoms with E-state index in [2.05, 4.69) is 0 Å². The molecule has 0 spiro atoms. The summed E-state index contributed by atoms with van der Waals surface area (Å²) in [5.74, 6) is -0.269. The fourth-order valence-electron chi connectivity index (χ4n) is 4.17. The molecule has 2 aromatic rings. The minimum Gasteiger partial charge on any atom is -0.462 e. The zero-order chi connectivity index (χ0) is 21.1. The van der Waals surface area contributed by atoms with Gasteiger partial charge in [0.25, 0.3) is 0 Å². The van der Waals surface area contributed by atoms with Crippen molar-refractivity contribution in [3.8, 4) is 5.75 Å². The maximum Gasteiger partial charge on any atom is 0.359 e. The highest BCUT2D eigenvalue weighted by atomic mass is 16.8. The van der Waals surface area contributed by atoms with E-state index in [1.165, 1.54) is 0 Å². The Morgan fingerprint density at radius 3 is 2.45 bits per heavy atom. The normalized spacial score (nSPS) is 30.3. The van der Waals surface area contributed by atoms with Gasteiger partial charge in [-0.1, -0.05) is 0 Å². The smallest absolute Gasteiger partial charge is 0.359 e. The molecule has 4 rings (SSSR count). The third-order valence-electron chi connectivity index (χ3n) is 5.46. The lowest BCUT2D eigenvalue weighted by molar-refractivity contribution is -0.283. The number of hydrogen-bond donors (Lipinski definition) is 1. The van der Waals surface area contributed by atoms with Crippen molar-refractivity contribution in [3.63, 3.8) is 0 Å². The quantitative estimate of drug-likeness (QED) is 0.778. The summed E-state index contributed by atoms with van der Waals surface area (Å²) in [5, 5.41) is 0.718. The number of hydrogen-bond acceptors (Lipinski definition) is 8. The van der Waals surface area contributed by atoms with Crippen LogP contribution in [0.1, 0.15) is 33.3 Å². The van der Waals surface area contributed by atoms with Crippen LogP contribution >= 0.6 is 0 Å². The average Bonchev–Trinajstić information content (AvgIpc) is 2.94. The summed E-state index contributed by atoms with van der Waals surface area (Å²) in [5.41, 5.74) is 5.57. The number of aryl methyl sites for hydroxylation is 1. The van der Waals surface area contributed by atoms with E-state index < -0.39 is 29.4 Å². The Balaban J connectivity index is 1.70. The van der Waals surface area contributed by atoms with Crippen LogP contribution in [0.4, 0.5) is 5.69 Å². The molecule has 0 bridgehead atoms. The first-order valence-corrected chi connectivity index (χ1v) is 9.58. The molecule has 2 N–H and O–H groups in total. The monoisotopic (exact) mass is 405 g/mol. The van der Waals surface area contributed by atoms with Crippen LogP contribution in [0.25, 0.3) is 11.0 Å². The molecule has 4 atom stereocenters. The summed E-state index contributed by atoms with van der Waals surface area (Å²) in [7, 11) is 1.63. The van der Waals surface area contributed by atoms with Crippen LogP contribution in [-0.4, -0.2) is 43.1 Å². The van der Waals surface area contributed by atoms with Crippen LogP contribution in [0.5, 0.6) is 5.75 Å². The summed E-state index contributed by atoms with van der Waals surface area (Å²) in [6, 6.07) is 5.18. The van der Waals surface area contributed by atoms with Crippen LogP contribution in [0.15, 0.2) is 27.4 Å². The third kappa shape index (κ3) is 3.40. The van der Waals surface area contributed by atoms with Crippen molar-refractivity contribution < 1.29 is 28.1 Å². The molecular weight excluding hydrogens is 378 g/mol. The van der Waals surface area contributed by atoms with E-state index in [1.54, 1.807) is 25.3 Å². The Morgan fingerprint density at radius 1 is 1.07 bits per heavy atom. The van der Waals surface area contributed by atoms with Crippen LogP contribution in [0, 0.1) is 6.92 Å². The molecule has 0 amide bonds. The topological polar surface area (TPSA) is 102 Å². The zero-order valence-corrected chi connectivity index (χ0v) is 17.5. The summed E-state index contributed by atoms with van der Waals surface area (Å²) in [6.45, 7) is 9.37. The number of nitrogen functional groups attached to an aromatic ring is 1. The second kappa shape index (κ2) is 6.70. The van der Waals surface area contributed by atoms with Gasteiger partial charge in [-0.15, -0.1) is 0 Å². The average molecular weight is 405 g/mol. The predicted molar refractivity (Wildman–Crippen MR) is 106 cm³/mol. The molecule has 8 nitrogen and oxygen atoms in total. The van der Waals surface area contributed by atoms with Crippen molar-refractivity contribution in [1.29, 1.82) is 0 Å². The number of ether oxygens (including phenoxy) is 5. The van der Waals surface area contributed by atoms with Crippen LogP contribution in [0.2, 0.25) is 0 Å². The van der Waals surface area contributed by atoms with Crippen molar-refractivity contribution in [1.82, 2.24) is 0 Å². The lowest BCUT2D eigenvalue weighted by Crippen LogP contribution is -2.62. The fourth-order valence-corrected chi connectivity index (χ4v) is 4.17. The maximum absolute atomic E-state index is 11.9. The molecule has 2 aliphatic heterocycles. The summed E-state index contributed by atoms with van der Waals surface area (Å²) >= 11 is 0. The SMILES string of the molecule is CO[C@@H]1[C@H]2OC(C)(C)O[C@H]2[C@H](Oc2ccc3cc(N)c(=O)oc3c2C)OC1(C)C. The van der Waals surface area contributed by atoms with Gasteiger partial charge < -0.3 is 33.8 Å². The molecule has 2 saturated heterocycles. The molecule has 29 heavy (non-hydrogen) atoms. The number of methoxy groups -OCH3 is 1. The standard InChI is InChI=1S/C21H27NO7/c1-10-13(8-7-11-9-12(22)18(23)26-14(10)11)25-19-16-15(27-21(4,5)28-16)17(24-6)20(2,3)29-19/h7-9,15-17,19H,22H2,1-6H3/t15-,16+,17+,19+/m0/s1. The van der Waals surface area contributed by atoms with Gasteiger partial charge in [0, 0.05) is 18.1 Å². The van der Waals surface area contributed by atoms with Gasteiger partial charge in [-0.25, -0.2) is 4.79 Å². The highest BCUT2D eigenvalue weighted by Crippen LogP contribution is 2.43. The number of anilines is 1. The molecular formula is C21H27NO7. The van der Waals surface area contributed by atoms with E-state index in [0.717, 1.165) is 5.39 Å². The first-order chi connectivity index (χ1) is 13.5. The second-order valence-corrected chi connectivity index (χ2v) is 8.52. The lowest BCUT2D eigenvalue weighted by atomic mass is 9.89. The van der Waals surface area contributed by atoms with Crippen molar-refractivity contribution in [2.45, 2.75) is 70.6 Å². The lowest BCUT2D eigenvalue weighted by Gasteiger charge is -2.46. The molecule has 0 unspecified atom stereocenters. The van der Waals surface area contributed by atoms with E-state index in [9.17, 15) is 4.79 Å². The minimum atomic E-state index is -0.791. The zero-order valence-electron chi connectivity index (χ0n) is 17.5. The van der Waals surface area contributed by atoms with Crippen molar-refractivity contribution in [2.24, 2.45) is 0 Å². The highest BCUT2D eigenvalue weighted by molar-refractivity contribution is 5.83. The predicted octanol–water partition coefficient (Wildman–Crippen LogP) is 2.73. The molecule has 1 aromatic carbocycles. The van der Waals surface area contributed by atoms with Crippen molar-refractivity contribution in [3.05, 3.63) is 34.2 Å². The summed E-state index contributed by atoms with van der Waals surface area (Å²) in [6.07, 6.45) is -1.91. The molecule has 0 aliphatic carbocycles. The molecule has 158 valence electrons. The third-order valence-corrected chi connectivity index (χ3v) is 5.46. The van der Waals surface area contributed by atoms with Gasteiger partial charge in [0.2, 0.25) is 6.29 Å². The number of benzene rings is 1. The Bertz CT molecular complexity index is 996. The van der Waals surface area contributed by atoms with E-state index in [1.807, 2.05) is 34.6 Å². The van der Waals surface area contributed by atoms with Gasteiger partial charge in [0.05, 0.1) is 5.60 Å². The molecule has 2 aliphatic rings. The van der Waals surface area contributed by atoms with Crippen LogP contribution in [0.3, 0.4) is 0 Å². The van der Waals surface area contributed by atoms with E-state index in [0.29, 0.717) is 16.9 Å². The Hall–Kier alpha value is -2.13. The number of rotatable bonds is 3.